The van der Waals surface area contributed by atoms with Crippen LogP contribution in [0.15, 0.2) is 24.4 Å². The molecule has 0 aromatic rings. The number of alkyl halides is 2. The molecule has 0 aromatic heterocycles. The molecule has 14 heavy (non-hydrogen) atoms. The second kappa shape index (κ2) is 6.73. The average molecular weight is 269 g/mol. The van der Waals surface area contributed by atoms with Gasteiger partial charge in [-0.2, -0.15) is 0 Å². The van der Waals surface area contributed by atoms with Gasteiger partial charge in [0.05, 0.1) is 0 Å². The Labute approximate surface area is 104 Å². The summed E-state index contributed by atoms with van der Waals surface area (Å²) in [5.74, 6) is 1.36. The van der Waals surface area contributed by atoms with Gasteiger partial charge in [0.25, 0.3) is 0 Å². The third-order valence-electron chi connectivity index (χ3n) is 2.31. The van der Waals surface area contributed by atoms with Crippen LogP contribution in [0.1, 0.15) is 6.42 Å². The first-order valence-electron chi connectivity index (χ1n) is 4.53. The van der Waals surface area contributed by atoms with Crippen LogP contribution in [0.4, 0.5) is 0 Å². The number of allylic oxidation sites excluding steroid dienone is 3. The fourth-order valence-electron chi connectivity index (χ4n) is 1.51. The van der Waals surface area contributed by atoms with Crippen LogP contribution >= 0.6 is 23.2 Å². The molecule has 1 nitrogen and oxygen atoms in total. The number of hydrogen-bond acceptors (Lipinski definition) is 1. The second-order valence-corrected chi connectivity index (χ2v) is 4.26. The molecule has 0 aliphatic carbocycles. The van der Waals surface area contributed by atoms with E-state index in [1.54, 1.807) is 0 Å². The molecule has 0 N–H and O–H groups in total. The Morgan fingerprint density at radius 2 is 1.79 bits per heavy atom. The Bertz CT molecular complexity index is 230. The second-order valence-electron chi connectivity index (χ2n) is 3.17. The molecule has 1 aliphatic heterocycles. The molecule has 2 unspecified atom stereocenters. The van der Waals surface area contributed by atoms with E-state index in [1.807, 2.05) is 23.0 Å². The molecule has 4 heteroatoms. The molecule has 0 amide bonds. The van der Waals surface area contributed by atoms with Gasteiger partial charge in [-0.3, -0.25) is 0 Å². The Balaban J connectivity index is 2.43. The van der Waals surface area contributed by atoms with Crippen LogP contribution in [0.25, 0.3) is 0 Å². The zero-order valence-electron chi connectivity index (χ0n) is 7.81. The first-order valence-corrected chi connectivity index (χ1v) is 6.41. The van der Waals surface area contributed by atoms with Crippen molar-refractivity contribution in [2.45, 2.75) is 18.5 Å². The SMILES string of the molecule is ClCC1CC(CCl)N1C=C/C=C\[CH]=[V]. The van der Waals surface area contributed by atoms with Crippen molar-refractivity contribution in [2.24, 2.45) is 0 Å². The van der Waals surface area contributed by atoms with Crippen LogP contribution < -0.4 is 0 Å². The normalized spacial score (nSPS) is 27.1. The van der Waals surface area contributed by atoms with E-state index in [0.717, 1.165) is 6.42 Å². The molecule has 0 radical (unpaired) electrons. The fourth-order valence-corrected chi connectivity index (χ4v) is 2.24. The van der Waals surface area contributed by atoms with Gasteiger partial charge in [0.1, 0.15) is 0 Å². The van der Waals surface area contributed by atoms with Gasteiger partial charge in [-0.25, -0.2) is 0 Å². The first kappa shape index (κ1) is 12.4. The zero-order valence-corrected chi connectivity index (χ0v) is 10.7. The van der Waals surface area contributed by atoms with Crippen molar-refractivity contribution < 1.29 is 17.0 Å². The summed E-state index contributed by atoms with van der Waals surface area (Å²) in [7, 11) is 0. The summed E-state index contributed by atoms with van der Waals surface area (Å²) < 4.78 is 1.94. The first-order chi connectivity index (χ1) is 6.83. The summed E-state index contributed by atoms with van der Waals surface area (Å²) in [4.78, 5) is 2.23. The van der Waals surface area contributed by atoms with Crippen LogP contribution in [0.2, 0.25) is 0 Å². The van der Waals surface area contributed by atoms with Crippen LogP contribution in [0.3, 0.4) is 0 Å². The third kappa shape index (κ3) is 3.17. The van der Waals surface area contributed by atoms with E-state index >= 15 is 0 Å². The number of rotatable bonds is 5. The Morgan fingerprint density at radius 1 is 1.14 bits per heavy atom. The molecule has 2 atom stereocenters. The van der Waals surface area contributed by atoms with Crippen LogP contribution in [0, 0.1) is 0 Å². The Kier molecular flexibility index (Phi) is 5.96. The summed E-state index contributed by atoms with van der Waals surface area (Å²) in [5, 5.41) is 0. The fraction of sp³-hybridized carbons (Fsp3) is 0.500. The summed E-state index contributed by atoms with van der Waals surface area (Å²) in [6.07, 6.45) is 9.16. The van der Waals surface area contributed by atoms with Crippen molar-refractivity contribution in [1.82, 2.24) is 4.90 Å². The molecular weight excluding hydrogens is 256 g/mol. The topological polar surface area (TPSA) is 3.24 Å². The summed E-state index contributed by atoms with van der Waals surface area (Å²) in [5.41, 5.74) is 0. The van der Waals surface area contributed by atoms with Gasteiger partial charge < -0.3 is 0 Å². The molecule has 1 heterocycles. The minimum absolute atomic E-state index is 0.464. The molecule has 0 aromatic carbocycles. The van der Waals surface area contributed by atoms with Gasteiger partial charge in [0.15, 0.2) is 0 Å². The van der Waals surface area contributed by atoms with Crippen LogP contribution in [0.5, 0.6) is 0 Å². The molecular formula is C10H13Cl2NV. The predicted octanol–water partition coefficient (Wildman–Crippen LogP) is 2.33. The maximum atomic E-state index is 5.82. The summed E-state index contributed by atoms with van der Waals surface area (Å²) in [6, 6.07) is 0.929. The van der Waals surface area contributed by atoms with Gasteiger partial charge in [-0.1, -0.05) is 0 Å². The quantitative estimate of drug-likeness (QED) is 0.547. The Morgan fingerprint density at radius 3 is 2.29 bits per heavy atom. The Hall–Kier alpha value is 0.314. The van der Waals surface area contributed by atoms with Crippen molar-refractivity contribution in [3.63, 3.8) is 0 Å². The summed E-state index contributed by atoms with van der Waals surface area (Å²) >= 11 is 14.0. The van der Waals surface area contributed by atoms with Gasteiger partial charge in [0, 0.05) is 0 Å². The van der Waals surface area contributed by atoms with E-state index in [4.69, 9.17) is 23.2 Å². The maximum absolute atomic E-state index is 5.82. The molecule has 1 aliphatic rings. The molecule has 1 rings (SSSR count). The standard InChI is InChI=1S/C10H13Cl2N.V/c1-2-3-4-5-13-9(7-11)6-10(13)8-12;/h1-5,9-10H,6-8H2;/b3-2-,5-4?;. The minimum atomic E-state index is 0.464. The van der Waals surface area contributed by atoms with E-state index in [1.165, 1.54) is 0 Å². The van der Waals surface area contributed by atoms with E-state index < -0.39 is 0 Å². The number of nitrogens with zero attached hydrogens (tertiary/aromatic N) is 1. The number of halogens is 2. The van der Waals surface area contributed by atoms with Crippen molar-refractivity contribution in [2.75, 3.05) is 11.8 Å². The summed E-state index contributed by atoms with van der Waals surface area (Å²) in [6.45, 7) is 0. The van der Waals surface area contributed by atoms with Crippen molar-refractivity contribution in [1.29, 1.82) is 0 Å². The molecule has 77 valence electrons. The molecule has 0 bridgehead atoms. The van der Waals surface area contributed by atoms with Gasteiger partial charge in [0.2, 0.25) is 0 Å². The number of likely N-dealkylation sites (tertiary alicyclic amines) is 1. The molecule has 1 saturated heterocycles. The molecule has 0 spiro atoms. The van der Waals surface area contributed by atoms with Crippen LogP contribution in [-0.2, 0) is 17.0 Å². The van der Waals surface area contributed by atoms with E-state index in [0.29, 0.717) is 23.8 Å². The van der Waals surface area contributed by atoms with Crippen molar-refractivity contribution in [3.05, 3.63) is 24.4 Å². The predicted molar refractivity (Wildman–Crippen MR) is 59.8 cm³/mol. The number of hydrogen-bond donors (Lipinski definition) is 0. The van der Waals surface area contributed by atoms with E-state index in [-0.39, 0.29) is 0 Å². The average Bonchev–Trinajstić information content (AvgIpc) is 2.17. The van der Waals surface area contributed by atoms with Gasteiger partial charge >= 0.3 is 105 Å². The van der Waals surface area contributed by atoms with Gasteiger partial charge in [-0.15, -0.1) is 0 Å². The molecule has 1 fully saturated rings. The third-order valence-corrected chi connectivity index (χ3v) is 3.29. The van der Waals surface area contributed by atoms with Crippen molar-refractivity contribution in [3.8, 4) is 0 Å². The van der Waals surface area contributed by atoms with E-state index in [2.05, 4.69) is 28.1 Å². The zero-order chi connectivity index (χ0) is 10.4. The van der Waals surface area contributed by atoms with Crippen LogP contribution in [-0.4, -0.2) is 33.5 Å². The van der Waals surface area contributed by atoms with E-state index in [9.17, 15) is 0 Å². The van der Waals surface area contributed by atoms with Crippen molar-refractivity contribution >= 4 is 27.9 Å². The van der Waals surface area contributed by atoms with Gasteiger partial charge in [-0.05, 0) is 0 Å². The molecule has 0 saturated carbocycles. The monoisotopic (exact) mass is 268 g/mol.